The molecule has 4 rings (SSSR count). The van der Waals surface area contributed by atoms with E-state index in [-0.39, 0.29) is 11.5 Å². The monoisotopic (exact) mass is 440 g/mol. The average Bonchev–Trinajstić information content (AvgIpc) is 3.55. The highest BCUT2D eigenvalue weighted by molar-refractivity contribution is 7.89. The highest BCUT2D eigenvalue weighted by Crippen LogP contribution is 2.43. The van der Waals surface area contributed by atoms with Crippen LogP contribution >= 0.6 is 0 Å². The second kappa shape index (κ2) is 9.40. The lowest BCUT2D eigenvalue weighted by molar-refractivity contribution is 0.244. The molecule has 31 heavy (non-hydrogen) atoms. The Labute approximate surface area is 185 Å². The van der Waals surface area contributed by atoms with E-state index in [4.69, 9.17) is 4.99 Å². The molecule has 3 N–H and O–H groups in total. The van der Waals surface area contributed by atoms with Crippen molar-refractivity contribution in [2.24, 2.45) is 4.99 Å². The Hall–Kier alpha value is -2.38. The molecule has 0 heterocycles. The minimum atomic E-state index is -3.41. The van der Waals surface area contributed by atoms with Crippen LogP contribution in [0.3, 0.4) is 0 Å². The molecule has 2 aliphatic carbocycles. The van der Waals surface area contributed by atoms with Crippen LogP contribution in [0.2, 0.25) is 0 Å². The molecule has 2 aromatic rings. The summed E-state index contributed by atoms with van der Waals surface area (Å²) in [6.07, 6.45) is 5.49. The lowest BCUT2D eigenvalue weighted by Gasteiger charge is -2.43. The van der Waals surface area contributed by atoms with Gasteiger partial charge in [-0.3, -0.25) is 0 Å². The van der Waals surface area contributed by atoms with Crippen LogP contribution in [0.1, 0.15) is 50.2 Å². The first-order valence-corrected chi connectivity index (χ1v) is 12.7. The summed E-state index contributed by atoms with van der Waals surface area (Å²) < 4.78 is 27.3. The molecule has 0 unspecified atom stereocenters. The number of nitrogens with one attached hydrogen (secondary N) is 3. The second-order valence-electron chi connectivity index (χ2n) is 8.59. The number of rotatable bonds is 9. The zero-order chi connectivity index (χ0) is 21.7. The first-order chi connectivity index (χ1) is 15.0. The molecule has 0 amide bonds. The van der Waals surface area contributed by atoms with E-state index in [2.05, 4.69) is 52.6 Å². The van der Waals surface area contributed by atoms with Gasteiger partial charge in [0.25, 0.3) is 0 Å². The van der Waals surface area contributed by atoms with Crippen LogP contribution < -0.4 is 15.4 Å². The lowest BCUT2D eigenvalue weighted by Crippen LogP contribution is -2.48. The fourth-order valence-corrected chi connectivity index (χ4v) is 5.30. The van der Waals surface area contributed by atoms with Gasteiger partial charge >= 0.3 is 0 Å². The van der Waals surface area contributed by atoms with Gasteiger partial charge in [0.1, 0.15) is 0 Å². The fourth-order valence-electron chi connectivity index (χ4n) is 3.99. The SMILES string of the molecule is CCNC(=NCc1ccc(S(=O)(=O)NC2CC2)cc1)NCC1(c2ccccc2)CCC1. The van der Waals surface area contributed by atoms with Crippen LogP contribution in [0.15, 0.2) is 64.5 Å². The Morgan fingerprint density at radius 3 is 2.32 bits per heavy atom. The van der Waals surface area contributed by atoms with Gasteiger partial charge in [0.05, 0.1) is 11.4 Å². The maximum absolute atomic E-state index is 12.3. The van der Waals surface area contributed by atoms with E-state index >= 15 is 0 Å². The van der Waals surface area contributed by atoms with E-state index in [0.717, 1.165) is 37.5 Å². The van der Waals surface area contributed by atoms with Gasteiger partial charge in [0.2, 0.25) is 10.0 Å². The fraction of sp³-hybridized carbons (Fsp3) is 0.458. The molecular weight excluding hydrogens is 408 g/mol. The van der Waals surface area contributed by atoms with Gasteiger partial charge in [-0.2, -0.15) is 0 Å². The Bertz CT molecular complexity index is 996. The third kappa shape index (κ3) is 5.46. The number of hydrogen-bond acceptors (Lipinski definition) is 3. The van der Waals surface area contributed by atoms with Gasteiger partial charge in [-0.25, -0.2) is 18.1 Å². The van der Waals surface area contributed by atoms with Crippen LogP contribution in [0.25, 0.3) is 0 Å². The zero-order valence-electron chi connectivity index (χ0n) is 18.1. The highest BCUT2D eigenvalue weighted by Gasteiger charge is 2.38. The van der Waals surface area contributed by atoms with Crippen molar-refractivity contribution in [2.45, 2.75) is 61.9 Å². The van der Waals surface area contributed by atoms with Crippen LogP contribution in [-0.4, -0.2) is 33.5 Å². The summed E-state index contributed by atoms with van der Waals surface area (Å²) in [6.45, 7) is 4.19. The Morgan fingerprint density at radius 1 is 1.03 bits per heavy atom. The topological polar surface area (TPSA) is 82.6 Å². The smallest absolute Gasteiger partial charge is 0.240 e. The number of guanidine groups is 1. The number of aliphatic imine (C=N–C) groups is 1. The minimum Gasteiger partial charge on any atom is -0.357 e. The van der Waals surface area contributed by atoms with Gasteiger partial charge in [0, 0.05) is 24.5 Å². The molecule has 0 bridgehead atoms. The van der Waals surface area contributed by atoms with Crippen molar-refractivity contribution in [3.63, 3.8) is 0 Å². The molecule has 0 aromatic heterocycles. The predicted octanol–water partition coefficient (Wildman–Crippen LogP) is 3.30. The van der Waals surface area contributed by atoms with Crippen LogP contribution in [0.4, 0.5) is 0 Å². The van der Waals surface area contributed by atoms with Gasteiger partial charge in [-0.1, -0.05) is 48.9 Å². The van der Waals surface area contributed by atoms with Crippen LogP contribution in [0.5, 0.6) is 0 Å². The predicted molar refractivity (Wildman–Crippen MR) is 125 cm³/mol. The quantitative estimate of drug-likeness (QED) is 0.413. The van der Waals surface area contributed by atoms with Gasteiger partial charge in [-0.15, -0.1) is 0 Å². The molecule has 166 valence electrons. The maximum Gasteiger partial charge on any atom is 0.240 e. The third-order valence-corrected chi connectivity index (χ3v) is 7.72. The molecule has 2 fully saturated rings. The van der Waals surface area contributed by atoms with Crippen molar-refractivity contribution in [3.05, 3.63) is 65.7 Å². The largest absolute Gasteiger partial charge is 0.357 e. The van der Waals surface area contributed by atoms with Gasteiger partial charge in [0.15, 0.2) is 5.96 Å². The molecule has 0 spiro atoms. The first-order valence-electron chi connectivity index (χ1n) is 11.2. The van der Waals surface area contributed by atoms with E-state index < -0.39 is 10.0 Å². The Kier molecular flexibility index (Phi) is 6.62. The van der Waals surface area contributed by atoms with E-state index in [1.165, 1.54) is 24.8 Å². The number of sulfonamides is 1. The summed E-state index contributed by atoms with van der Waals surface area (Å²) in [5.41, 5.74) is 2.55. The van der Waals surface area contributed by atoms with E-state index in [1.54, 1.807) is 12.1 Å². The molecular formula is C24H32N4O2S. The molecule has 6 nitrogen and oxygen atoms in total. The summed E-state index contributed by atoms with van der Waals surface area (Å²) >= 11 is 0. The van der Waals surface area contributed by atoms with E-state index in [0.29, 0.717) is 11.4 Å². The van der Waals surface area contributed by atoms with Crippen molar-refractivity contribution >= 4 is 16.0 Å². The van der Waals surface area contributed by atoms with Crippen molar-refractivity contribution < 1.29 is 8.42 Å². The molecule has 2 aliphatic rings. The van der Waals surface area contributed by atoms with Gasteiger partial charge < -0.3 is 10.6 Å². The van der Waals surface area contributed by atoms with Crippen molar-refractivity contribution in [3.8, 4) is 0 Å². The van der Waals surface area contributed by atoms with Crippen LogP contribution in [0, 0.1) is 0 Å². The summed E-state index contributed by atoms with van der Waals surface area (Å²) in [7, 11) is -3.41. The standard InChI is InChI=1S/C24H32N4O2S/c1-2-25-23(27-18-24(15-6-16-24)20-7-4-3-5-8-20)26-17-19-9-13-22(14-10-19)31(29,30)28-21-11-12-21/h3-5,7-10,13-14,21,28H,2,6,11-12,15-18H2,1H3,(H2,25,26,27). The maximum atomic E-state index is 12.3. The summed E-state index contributed by atoms with van der Waals surface area (Å²) in [5.74, 6) is 0.789. The molecule has 0 atom stereocenters. The molecule has 7 heteroatoms. The van der Waals surface area contributed by atoms with Crippen molar-refractivity contribution in [2.75, 3.05) is 13.1 Å². The Balaban J connectivity index is 1.38. The molecule has 0 aliphatic heterocycles. The lowest BCUT2D eigenvalue weighted by atomic mass is 9.64. The number of benzene rings is 2. The minimum absolute atomic E-state index is 0.109. The molecule has 0 saturated heterocycles. The van der Waals surface area contributed by atoms with E-state index in [1.807, 2.05) is 12.1 Å². The average molecular weight is 441 g/mol. The molecule has 0 radical (unpaired) electrons. The normalized spacial score (nSPS) is 18.3. The van der Waals surface area contributed by atoms with Crippen LogP contribution in [-0.2, 0) is 22.0 Å². The number of nitrogens with zero attached hydrogens (tertiary/aromatic N) is 1. The van der Waals surface area contributed by atoms with Crippen molar-refractivity contribution in [1.82, 2.24) is 15.4 Å². The third-order valence-electron chi connectivity index (χ3n) is 6.19. The summed E-state index contributed by atoms with van der Waals surface area (Å²) in [6, 6.07) is 17.8. The van der Waals surface area contributed by atoms with Crippen molar-refractivity contribution in [1.29, 1.82) is 0 Å². The second-order valence-corrected chi connectivity index (χ2v) is 10.3. The number of hydrogen-bond donors (Lipinski definition) is 3. The Morgan fingerprint density at radius 2 is 1.74 bits per heavy atom. The van der Waals surface area contributed by atoms with E-state index in [9.17, 15) is 8.42 Å². The molecule has 2 saturated carbocycles. The summed E-state index contributed by atoms with van der Waals surface area (Å²) in [5, 5.41) is 6.85. The summed E-state index contributed by atoms with van der Waals surface area (Å²) in [4.78, 5) is 5.03. The van der Waals surface area contributed by atoms with Gasteiger partial charge in [-0.05, 0) is 55.9 Å². The zero-order valence-corrected chi connectivity index (χ0v) is 18.9. The highest BCUT2D eigenvalue weighted by atomic mass is 32.2. The molecule has 2 aromatic carbocycles. The first kappa shape index (κ1) is 21.8.